The molecule has 0 aliphatic carbocycles. The molecule has 2 aromatic rings. The summed E-state index contributed by atoms with van der Waals surface area (Å²) >= 11 is 1.35. The number of benzene rings is 1. The van der Waals surface area contributed by atoms with Crippen molar-refractivity contribution < 1.29 is 9.59 Å². The van der Waals surface area contributed by atoms with Crippen LogP contribution in [0.15, 0.2) is 48.0 Å². The largest absolute Gasteiger partial charge is 0.330 e. The van der Waals surface area contributed by atoms with Crippen LogP contribution < -0.4 is 5.32 Å². The summed E-state index contributed by atoms with van der Waals surface area (Å²) in [6.07, 6.45) is 4.89. The molecular formula is C18H21N3O2S. The first kappa shape index (κ1) is 17.9. The minimum atomic E-state index is -0.243. The molecule has 0 unspecified atom stereocenters. The van der Waals surface area contributed by atoms with E-state index in [0.29, 0.717) is 11.7 Å². The predicted octanol–water partition coefficient (Wildman–Crippen LogP) is 3.28. The Balaban J connectivity index is 1.99. The molecule has 1 aromatic heterocycles. The summed E-state index contributed by atoms with van der Waals surface area (Å²) in [6, 6.07) is 9.60. The highest BCUT2D eigenvalue weighted by molar-refractivity contribution is 7.13. The summed E-state index contributed by atoms with van der Waals surface area (Å²) in [5, 5.41) is 5.03. The van der Waals surface area contributed by atoms with Gasteiger partial charge in [0.1, 0.15) is 6.54 Å². The second-order valence-electron chi connectivity index (χ2n) is 5.74. The zero-order valence-corrected chi connectivity index (χ0v) is 14.6. The van der Waals surface area contributed by atoms with Crippen molar-refractivity contribution in [3.05, 3.63) is 53.5 Å². The summed E-state index contributed by atoms with van der Waals surface area (Å²) < 4.78 is 0. The monoisotopic (exact) mass is 343 g/mol. The molecular weight excluding hydrogens is 322 g/mol. The zero-order chi connectivity index (χ0) is 17.4. The minimum absolute atomic E-state index is 0.00965. The van der Waals surface area contributed by atoms with E-state index < -0.39 is 0 Å². The average molecular weight is 343 g/mol. The number of aromatic nitrogens is 1. The zero-order valence-electron chi connectivity index (χ0n) is 13.8. The standard InChI is InChI=1S/C18H21N3O2S/c1-14(2)12-21(13-16(22)20-18-19-10-11-24-18)17(23)9-8-15-6-4-3-5-7-15/h3-11,14H,12-13H2,1-2H3,(H,19,20,22)/b9-8+. The third kappa shape index (κ3) is 5.96. The van der Waals surface area contributed by atoms with E-state index in [1.54, 1.807) is 22.6 Å². The number of nitrogens with zero attached hydrogens (tertiary/aromatic N) is 2. The number of rotatable bonds is 7. The Morgan fingerprint density at radius 2 is 2.04 bits per heavy atom. The molecule has 1 N–H and O–H groups in total. The van der Waals surface area contributed by atoms with Gasteiger partial charge in [0, 0.05) is 24.2 Å². The maximum atomic E-state index is 12.4. The number of hydrogen-bond acceptors (Lipinski definition) is 4. The number of anilines is 1. The first-order chi connectivity index (χ1) is 11.5. The van der Waals surface area contributed by atoms with E-state index in [-0.39, 0.29) is 24.3 Å². The van der Waals surface area contributed by atoms with Gasteiger partial charge in [0.05, 0.1) is 0 Å². The molecule has 2 amide bonds. The van der Waals surface area contributed by atoms with E-state index >= 15 is 0 Å². The van der Waals surface area contributed by atoms with E-state index in [2.05, 4.69) is 10.3 Å². The molecule has 24 heavy (non-hydrogen) atoms. The van der Waals surface area contributed by atoms with Gasteiger partial charge in [-0.15, -0.1) is 11.3 Å². The molecule has 0 aliphatic rings. The molecule has 0 saturated carbocycles. The fraction of sp³-hybridized carbons (Fsp3) is 0.278. The first-order valence-corrected chi connectivity index (χ1v) is 8.64. The van der Waals surface area contributed by atoms with E-state index in [1.165, 1.54) is 17.4 Å². The van der Waals surface area contributed by atoms with Crippen LogP contribution in [0, 0.1) is 5.92 Å². The van der Waals surface area contributed by atoms with E-state index in [9.17, 15) is 9.59 Å². The van der Waals surface area contributed by atoms with Gasteiger partial charge in [-0.3, -0.25) is 9.59 Å². The van der Waals surface area contributed by atoms with Crippen molar-refractivity contribution in [1.29, 1.82) is 0 Å². The Morgan fingerprint density at radius 1 is 1.29 bits per heavy atom. The van der Waals surface area contributed by atoms with Gasteiger partial charge in [-0.25, -0.2) is 4.98 Å². The van der Waals surface area contributed by atoms with Gasteiger partial charge < -0.3 is 10.2 Å². The van der Waals surface area contributed by atoms with Gasteiger partial charge in [0.25, 0.3) is 0 Å². The van der Waals surface area contributed by atoms with E-state index in [0.717, 1.165) is 5.56 Å². The van der Waals surface area contributed by atoms with Crippen LogP contribution in [-0.4, -0.2) is 34.8 Å². The van der Waals surface area contributed by atoms with Gasteiger partial charge in [0.2, 0.25) is 11.8 Å². The molecule has 0 spiro atoms. The van der Waals surface area contributed by atoms with Crippen molar-refractivity contribution >= 4 is 34.4 Å². The Hall–Kier alpha value is -2.47. The third-order valence-electron chi connectivity index (χ3n) is 3.13. The molecule has 0 radical (unpaired) electrons. The van der Waals surface area contributed by atoms with Crippen LogP contribution in [0.2, 0.25) is 0 Å². The van der Waals surface area contributed by atoms with Crippen LogP contribution in [0.5, 0.6) is 0 Å². The normalized spacial score (nSPS) is 11.0. The Bertz CT molecular complexity index is 682. The highest BCUT2D eigenvalue weighted by atomic mass is 32.1. The van der Waals surface area contributed by atoms with Crippen molar-refractivity contribution in [2.24, 2.45) is 5.92 Å². The van der Waals surface area contributed by atoms with Crippen molar-refractivity contribution in [1.82, 2.24) is 9.88 Å². The SMILES string of the molecule is CC(C)CN(CC(=O)Nc1nccs1)C(=O)/C=C/c1ccccc1. The van der Waals surface area contributed by atoms with E-state index in [4.69, 9.17) is 0 Å². The van der Waals surface area contributed by atoms with Crippen LogP contribution in [0.25, 0.3) is 6.08 Å². The molecule has 0 atom stereocenters. The fourth-order valence-electron chi connectivity index (χ4n) is 2.13. The maximum Gasteiger partial charge on any atom is 0.247 e. The smallest absolute Gasteiger partial charge is 0.247 e. The lowest BCUT2D eigenvalue weighted by Crippen LogP contribution is -2.39. The molecule has 0 aliphatic heterocycles. The second kappa shape index (κ2) is 8.98. The molecule has 2 rings (SSSR count). The van der Waals surface area contributed by atoms with Crippen LogP contribution in [-0.2, 0) is 9.59 Å². The predicted molar refractivity (Wildman–Crippen MR) is 97.6 cm³/mol. The lowest BCUT2D eigenvalue weighted by atomic mass is 10.2. The van der Waals surface area contributed by atoms with E-state index in [1.807, 2.05) is 44.2 Å². The lowest BCUT2D eigenvalue weighted by molar-refractivity contribution is -0.131. The lowest BCUT2D eigenvalue weighted by Gasteiger charge is -2.22. The van der Waals surface area contributed by atoms with Gasteiger partial charge >= 0.3 is 0 Å². The number of nitrogens with one attached hydrogen (secondary N) is 1. The van der Waals surface area contributed by atoms with Gasteiger partial charge in [-0.2, -0.15) is 0 Å². The fourth-order valence-corrected chi connectivity index (χ4v) is 2.67. The second-order valence-corrected chi connectivity index (χ2v) is 6.64. The van der Waals surface area contributed by atoms with Crippen LogP contribution in [0.3, 0.4) is 0 Å². The van der Waals surface area contributed by atoms with Crippen LogP contribution >= 0.6 is 11.3 Å². The number of thiazole rings is 1. The summed E-state index contributed by atoms with van der Waals surface area (Å²) in [7, 11) is 0. The van der Waals surface area contributed by atoms with Crippen molar-refractivity contribution in [2.75, 3.05) is 18.4 Å². The Labute approximate surface area is 146 Å². The van der Waals surface area contributed by atoms with Crippen molar-refractivity contribution in [3.63, 3.8) is 0 Å². The molecule has 126 valence electrons. The van der Waals surface area contributed by atoms with Gasteiger partial charge in [0.15, 0.2) is 5.13 Å². The first-order valence-electron chi connectivity index (χ1n) is 7.76. The summed E-state index contributed by atoms with van der Waals surface area (Å²) in [4.78, 5) is 30.1. The topological polar surface area (TPSA) is 62.3 Å². The van der Waals surface area contributed by atoms with Crippen LogP contribution in [0.1, 0.15) is 19.4 Å². The van der Waals surface area contributed by atoms with Gasteiger partial charge in [-0.1, -0.05) is 44.2 Å². The van der Waals surface area contributed by atoms with Gasteiger partial charge in [-0.05, 0) is 17.6 Å². The third-order valence-corrected chi connectivity index (χ3v) is 3.82. The molecule has 6 heteroatoms. The molecule has 5 nitrogen and oxygen atoms in total. The number of amides is 2. The molecule has 1 heterocycles. The molecule has 0 bridgehead atoms. The number of carbonyl (C=O) groups excluding carboxylic acids is 2. The Morgan fingerprint density at radius 3 is 2.67 bits per heavy atom. The quantitative estimate of drug-likeness (QED) is 0.785. The summed E-state index contributed by atoms with van der Waals surface area (Å²) in [5.74, 6) is -0.152. The van der Waals surface area contributed by atoms with Crippen LogP contribution in [0.4, 0.5) is 5.13 Å². The summed E-state index contributed by atoms with van der Waals surface area (Å²) in [6.45, 7) is 4.55. The Kier molecular flexibility index (Phi) is 6.69. The van der Waals surface area contributed by atoms with Crippen molar-refractivity contribution in [2.45, 2.75) is 13.8 Å². The van der Waals surface area contributed by atoms with Crippen molar-refractivity contribution in [3.8, 4) is 0 Å². The minimum Gasteiger partial charge on any atom is -0.330 e. The number of carbonyl (C=O) groups is 2. The highest BCUT2D eigenvalue weighted by Crippen LogP contribution is 2.10. The summed E-state index contributed by atoms with van der Waals surface area (Å²) in [5.41, 5.74) is 0.947. The molecule has 0 fully saturated rings. The maximum absolute atomic E-state index is 12.4. The molecule has 0 saturated heterocycles. The average Bonchev–Trinajstić information content (AvgIpc) is 3.05. The highest BCUT2D eigenvalue weighted by Gasteiger charge is 2.17. The molecule has 1 aromatic carbocycles. The number of hydrogen-bond donors (Lipinski definition) is 1.